The highest BCUT2D eigenvalue weighted by Gasteiger charge is 2.49. The second kappa shape index (κ2) is 6.52. The Balaban J connectivity index is 1.43. The molecule has 1 saturated carbocycles. The summed E-state index contributed by atoms with van der Waals surface area (Å²) in [5.74, 6) is 0.555. The molecule has 2 unspecified atom stereocenters. The second-order valence-electron chi connectivity index (χ2n) is 6.01. The molecule has 0 radical (unpaired) electrons. The highest BCUT2D eigenvalue weighted by molar-refractivity contribution is 5.92. The van der Waals surface area contributed by atoms with Gasteiger partial charge in [-0.2, -0.15) is 0 Å². The SMILES string of the molecule is CCN1CCN(C(=O)C2CC2C(=O)NCc2ccco2)CC1. The van der Waals surface area contributed by atoms with Crippen LogP contribution in [0.2, 0.25) is 0 Å². The monoisotopic (exact) mass is 305 g/mol. The van der Waals surface area contributed by atoms with E-state index in [0.29, 0.717) is 13.0 Å². The Morgan fingerprint density at radius 3 is 2.68 bits per heavy atom. The Labute approximate surface area is 130 Å². The first-order chi connectivity index (χ1) is 10.7. The van der Waals surface area contributed by atoms with E-state index >= 15 is 0 Å². The summed E-state index contributed by atoms with van der Waals surface area (Å²) in [4.78, 5) is 28.7. The maximum atomic E-state index is 12.4. The molecule has 1 aromatic rings. The number of hydrogen-bond acceptors (Lipinski definition) is 4. The van der Waals surface area contributed by atoms with Crippen LogP contribution in [0.4, 0.5) is 0 Å². The summed E-state index contributed by atoms with van der Waals surface area (Å²) in [7, 11) is 0. The number of amides is 2. The fourth-order valence-electron chi connectivity index (χ4n) is 3.00. The summed E-state index contributed by atoms with van der Waals surface area (Å²) >= 11 is 0. The molecule has 22 heavy (non-hydrogen) atoms. The van der Waals surface area contributed by atoms with Gasteiger partial charge in [0.15, 0.2) is 0 Å². The standard InChI is InChI=1S/C16H23N3O3/c1-2-18-5-7-19(8-6-18)16(21)14-10-13(14)15(20)17-11-12-4-3-9-22-12/h3-4,9,13-14H,2,5-8,10-11H2,1H3,(H,17,20). The van der Waals surface area contributed by atoms with E-state index in [1.165, 1.54) is 0 Å². The van der Waals surface area contributed by atoms with Gasteiger partial charge >= 0.3 is 0 Å². The van der Waals surface area contributed by atoms with Crippen molar-refractivity contribution in [2.45, 2.75) is 19.9 Å². The summed E-state index contributed by atoms with van der Waals surface area (Å²) in [6.45, 7) is 6.99. The molecule has 2 aliphatic rings. The van der Waals surface area contributed by atoms with Crippen LogP contribution in [-0.4, -0.2) is 54.3 Å². The average Bonchev–Trinajstić information content (AvgIpc) is 3.19. The van der Waals surface area contributed by atoms with Crippen LogP contribution < -0.4 is 5.32 Å². The van der Waals surface area contributed by atoms with Crippen molar-refractivity contribution < 1.29 is 14.0 Å². The average molecular weight is 305 g/mol. The molecule has 120 valence electrons. The van der Waals surface area contributed by atoms with E-state index < -0.39 is 0 Å². The van der Waals surface area contributed by atoms with Gasteiger partial charge in [-0.15, -0.1) is 0 Å². The lowest BCUT2D eigenvalue weighted by molar-refractivity contribution is -0.136. The van der Waals surface area contributed by atoms with E-state index in [2.05, 4.69) is 17.1 Å². The van der Waals surface area contributed by atoms with Crippen molar-refractivity contribution in [3.8, 4) is 0 Å². The lowest BCUT2D eigenvalue weighted by Crippen LogP contribution is -2.49. The zero-order valence-electron chi connectivity index (χ0n) is 13.0. The van der Waals surface area contributed by atoms with Gasteiger partial charge in [0.2, 0.25) is 11.8 Å². The third-order valence-electron chi connectivity index (χ3n) is 4.59. The van der Waals surface area contributed by atoms with E-state index in [1.807, 2.05) is 11.0 Å². The summed E-state index contributed by atoms with van der Waals surface area (Å²) in [5.41, 5.74) is 0. The van der Waals surface area contributed by atoms with Crippen LogP contribution >= 0.6 is 0 Å². The Hall–Kier alpha value is -1.82. The van der Waals surface area contributed by atoms with Crippen LogP contribution in [0.1, 0.15) is 19.1 Å². The number of carbonyl (C=O) groups excluding carboxylic acids is 2. The number of nitrogens with one attached hydrogen (secondary N) is 1. The van der Waals surface area contributed by atoms with Crippen molar-refractivity contribution in [2.75, 3.05) is 32.7 Å². The van der Waals surface area contributed by atoms with Crippen LogP contribution in [-0.2, 0) is 16.1 Å². The van der Waals surface area contributed by atoms with Gasteiger partial charge in [-0.1, -0.05) is 6.92 Å². The lowest BCUT2D eigenvalue weighted by atomic mass is 10.2. The van der Waals surface area contributed by atoms with Gasteiger partial charge in [-0.05, 0) is 25.1 Å². The van der Waals surface area contributed by atoms with Crippen molar-refractivity contribution in [1.82, 2.24) is 15.1 Å². The van der Waals surface area contributed by atoms with Gasteiger partial charge in [0.05, 0.1) is 24.6 Å². The van der Waals surface area contributed by atoms with E-state index in [1.54, 1.807) is 12.3 Å². The maximum absolute atomic E-state index is 12.4. The molecule has 1 aromatic heterocycles. The van der Waals surface area contributed by atoms with Crippen molar-refractivity contribution in [1.29, 1.82) is 0 Å². The molecule has 6 heteroatoms. The van der Waals surface area contributed by atoms with E-state index in [4.69, 9.17) is 4.42 Å². The third kappa shape index (κ3) is 3.32. The first-order valence-corrected chi connectivity index (χ1v) is 8.00. The highest BCUT2D eigenvalue weighted by atomic mass is 16.3. The van der Waals surface area contributed by atoms with Gasteiger partial charge < -0.3 is 19.5 Å². The van der Waals surface area contributed by atoms with Crippen molar-refractivity contribution in [2.24, 2.45) is 11.8 Å². The van der Waals surface area contributed by atoms with Crippen LogP contribution in [0, 0.1) is 11.8 Å². The number of carbonyl (C=O) groups is 2. The van der Waals surface area contributed by atoms with Crippen LogP contribution in [0.15, 0.2) is 22.8 Å². The van der Waals surface area contributed by atoms with Crippen LogP contribution in [0.25, 0.3) is 0 Å². The molecule has 2 fully saturated rings. The Morgan fingerprint density at radius 1 is 1.27 bits per heavy atom. The number of hydrogen-bond donors (Lipinski definition) is 1. The van der Waals surface area contributed by atoms with E-state index in [0.717, 1.165) is 38.5 Å². The number of rotatable bonds is 5. The normalized spacial score (nSPS) is 25.0. The van der Waals surface area contributed by atoms with Gasteiger partial charge in [0.1, 0.15) is 5.76 Å². The smallest absolute Gasteiger partial charge is 0.226 e. The largest absolute Gasteiger partial charge is 0.467 e. The first kappa shape index (κ1) is 15.1. The molecule has 1 aliphatic carbocycles. The molecular formula is C16H23N3O3. The number of nitrogens with zero attached hydrogens (tertiary/aromatic N) is 2. The van der Waals surface area contributed by atoms with Crippen molar-refractivity contribution >= 4 is 11.8 Å². The molecule has 1 N–H and O–H groups in total. The summed E-state index contributed by atoms with van der Waals surface area (Å²) in [5, 5.41) is 2.84. The Morgan fingerprint density at radius 2 is 2.05 bits per heavy atom. The van der Waals surface area contributed by atoms with E-state index in [-0.39, 0.29) is 23.7 Å². The van der Waals surface area contributed by atoms with Crippen molar-refractivity contribution in [3.05, 3.63) is 24.2 Å². The fraction of sp³-hybridized carbons (Fsp3) is 0.625. The topological polar surface area (TPSA) is 65.8 Å². The quantitative estimate of drug-likeness (QED) is 0.869. The molecular weight excluding hydrogens is 282 g/mol. The molecule has 2 heterocycles. The molecule has 1 aliphatic heterocycles. The Kier molecular flexibility index (Phi) is 4.47. The molecule has 0 spiro atoms. The van der Waals surface area contributed by atoms with Gasteiger partial charge in [0, 0.05) is 26.2 Å². The molecule has 2 amide bonds. The minimum atomic E-state index is -0.160. The molecule has 1 saturated heterocycles. The molecule has 3 rings (SSSR count). The van der Waals surface area contributed by atoms with E-state index in [9.17, 15) is 9.59 Å². The molecule has 0 bridgehead atoms. The molecule has 2 atom stereocenters. The number of furan rings is 1. The summed E-state index contributed by atoms with van der Waals surface area (Å²) < 4.78 is 5.18. The molecule has 0 aromatic carbocycles. The van der Waals surface area contributed by atoms with Gasteiger partial charge in [-0.3, -0.25) is 9.59 Å². The van der Waals surface area contributed by atoms with Gasteiger partial charge in [-0.25, -0.2) is 0 Å². The number of likely N-dealkylation sites (N-methyl/N-ethyl adjacent to an activating group) is 1. The van der Waals surface area contributed by atoms with Crippen LogP contribution in [0.5, 0.6) is 0 Å². The maximum Gasteiger partial charge on any atom is 0.226 e. The second-order valence-corrected chi connectivity index (χ2v) is 6.01. The molecule has 6 nitrogen and oxygen atoms in total. The predicted molar refractivity (Wildman–Crippen MR) is 80.8 cm³/mol. The highest BCUT2D eigenvalue weighted by Crippen LogP contribution is 2.40. The predicted octanol–water partition coefficient (Wildman–Crippen LogP) is 0.696. The van der Waals surface area contributed by atoms with Crippen molar-refractivity contribution in [3.63, 3.8) is 0 Å². The first-order valence-electron chi connectivity index (χ1n) is 8.00. The minimum absolute atomic E-state index is 0.0399. The zero-order chi connectivity index (χ0) is 15.5. The fourth-order valence-corrected chi connectivity index (χ4v) is 3.00. The number of piperazine rings is 1. The zero-order valence-corrected chi connectivity index (χ0v) is 13.0. The van der Waals surface area contributed by atoms with Gasteiger partial charge in [0.25, 0.3) is 0 Å². The third-order valence-corrected chi connectivity index (χ3v) is 4.59. The minimum Gasteiger partial charge on any atom is -0.467 e. The Bertz CT molecular complexity index is 521. The van der Waals surface area contributed by atoms with Crippen LogP contribution in [0.3, 0.4) is 0 Å². The lowest BCUT2D eigenvalue weighted by Gasteiger charge is -2.34. The summed E-state index contributed by atoms with van der Waals surface area (Å²) in [6.07, 6.45) is 2.26. The summed E-state index contributed by atoms with van der Waals surface area (Å²) in [6, 6.07) is 3.61.